The van der Waals surface area contributed by atoms with Gasteiger partial charge in [-0.1, -0.05) is 24.6 Å². The van der Waals surface area contributed by atoms with Gasteiger partial charge in [-0.3, -0.25) is 0 Å². The van der Waals surface area contributed by atoms with Crippen molar-refractivity contribution in [2.75, 3.05) is 6.54 Å². The first-order chi connectivity index (χ1) is 9.52. The molecule has 0 aromatic heterocycles. The van der Waals surface area contributed by atoms with E-state index < -0.39 is 18.1 Å². The van der Waals surface area contributed by atoms with Crippen LogP contribution >= 0.6 is 11.6 Å². The number of benzene rings is 1. The second-order valence-corrected chi connectivity index (χ2v) is 5.37. The summed E-state index contributed by atoms with van der Waals surface area (Å²) in [5.74, 6) is -4.91. The molecule has 1 atom stereocenters. The van der Waals surface area contributed by atoms with E-state index in [1.807, 2.05) is 0 Å². The Labute approximate surface area is 125 Å². The monoisotopic (exact) mass is 329 g/mol. The molecule has 1 nitrogen and oxygen atoms in total. The van der Waals surface area contributed by atoms with E-state index in [2.05, 4.69) is 5.32 Å². The van der Waals surface area contributed by atoms with Crippen LogP contribution in [0.2, 0.25) is 5.02 Å². The molecule has 0 heterocycles. The highest BCUT2D eigenvalue weighted by molar-refractivity contribution is 6.31. The molecule has 0 aliphatic rings. The summed E-state index contributed by atoms with van der Waals surface area (Å²) in [6.45, 7) is 5.05. The lowest BCUT2D eigenvalue weighted by Gasteiger charge is -2.30. The summed E-state index contributed by atoms with van der Waals surface area (Å²) in [6, 6.07) is 0.480. The van der Waals surface area contributed by atoms with Gasteiger partial charge in [0.25, 0.3) is 0 Å². The van der Waals surface area contributed by atoms with Crippen LogP contribution < -0.4 is 5.32 Å². The van der Waals surface area contributed by atoms with Gasteiger partial charge in [-0.15, -0.1) is 0 Å². The maximum atomic E-state index is 13.8. The first kappa shape index (κ1) is 18.2. The van der Waals surface area contributed by atoms with Gasteiger partial charge in [0, 0.05) is 5.02 Å². The highest BCUT2D eigenvalue weighted by Crippen LogP contribution is 2.46. The number of hydrogen-bond donors (Lipinski definition) is 1. The van der Waals surface area contributed by atoms with Crippen LogP contribution in [0.5, 0.6) is 0 Å². The summed E-state index contributed by atoms with van der Waals surface area (Å²) in [5.41, 5.74) is 1.10. The Morgan fingerprint density at radius 3 is 2.10 bits per heavy atom. The highest BCUT2D eigenvalue weighted by atomic mass is 35.5. The van der Waals surface area contributed by atoms with Crippen LogP contribution in [-0.2, 0) is 0 Å². The molecule has 120 valence electrons. The molecule has 1 unspecified atom stereocenters. The topological polar surface area (TPSA) is 12.0 Å². The van der Waals surface area contributed by atoms with E-state index >= 15 is 0 Å². The SMILES string of the molecule is CCCNC(c1cc(C)c(C)cc1Cl)C(F)(F)C(F)(F)F. The van der Waals surface area contributed by atoms with E-state index in [1.54, 1.807) is 20.8 Å². The van der Waals surface area contributed by atoms with Crippen LogP contribution in [0.25, 0.3) is 0 Å². The quantitative estimate of drug-likeness (QED) is 0.733. The second-order valence-electron chi connectivity index (χ2n) is 4.97. The van der Waals surface area contributed by atoms with Crippen molar-refractivity contribution in [3.63, 3.8) is 0 Å². The van der Waals surface area contributed by atoms with Gasteiger partial charge in [0.15, 0.2) is 0 Å². The van der Waals surface area contributed by atoms with E-state index in [1.165, 1.54) is 12.1 Å². The molecule has 0 saturated carbocycles. The van der Waals surface area contributed by atoms with Crippen molar-refractivity contribution in [3.05, 3.63) is 33.8 Å². The fourth-order valence-electron chi connectivity index (χ4n) is 1.91. The number of aryl methyl sites for hydroxylation is 2. The fraction of sp³-hybridized carbons (Fsp3) is 0.571. The molecule has 1 N–H and O–H groups in total. The molecule has 0 saturated heterocycles. The van der Waals surface area contributed by atoms with Gasteiger partial charge in [0.2, 0.25) is 0 Å². The average Bonchev–Trinajstić information content (AvgIpc) is 2.34. The third-order valence-corrected chi connectivity index (χ3v) is 3.59. The highest BCUT2D eigenvalue weighted by Gasteiger charge is 2.62. The normalized spacial score (nSPS) is 14.3. The third-order valence-electron chi connectivity index (χ3n) is 3.26. The summed E-state index contributed by atoms with van der Waals surface area (Å²) in [7, 11) is 0. The van der Waals surface area contributed by atoms with Crippen LogP contribution in [0.1, 0.15) is 36.1 Å². The number of alkyl halides is 5. The zero-order chi connectivity index (χ0) is 16.4. The van der Waals surface area contributed by atoms with Crippen LogP contribution in [0.15, 0.2) is 12.1 Å². The predicted molar refractivity (Wildman–Crippen MR) is 73.0 cm³/mol. The molecule has 0 aliphatic heterocycles. The fourth-order valence-corrected chi connectivity index (χ4v) is 2.24. The predicted octanol–water partition coefficient (Wildman–Crippen LogP) is 5.20. The second kappa shape index (κ2) is 6.48. The maximum absolute atomic E-state index is 13.8. The summed E-state index contributed by atoms with van der Waals surface area (Å²) >= 11 is 5.89. The Balaban J connectivity index is 3.36. The van der Waals surface area contributed by atoms with E-state index in [4.69, 9.17) is 11.6 Å². The minimum absolute atomic E-state index is 0.0274. The molecule has 0 spiro atoms. The van der Waals surface area contributed by atoms with Crippen molar-refractivity contribution in [2.24, 2.45) is 0 Å². The maximum Gasteiger partial charge on any atom is 0.455 e. The lowest BCUT2D eigenvalue weighted by Crippen LogP contribution is -2.48. The summed E-state index contributed by atoms with van der Waals surface area (Å²) < 4.78 is 65.6. The number of hydrogen-bond acceptors (Lipinski definition) is 1. The number of nitrogens with one attached hydrogen (secondary N) is 1. The Kier molecular flexibility index (Phi) is 5.61. The molecule has 0 bridgehead atoms. The number of rotatable bonds is 5. The first-order valence-corrected chi connectivity index (χ1v) is 6.84. The van der Waals surface area contributed by atoms with Gasteiger partial charge < -0.3 is 5.32 Å². The van der Waals surface area contributed by atoms with E-state index in [-0.39, 0.29) is 17.1 Å². The van der Waals surface area contributed by atoms with Crippen molar-refractivity contribution in [1.29, 1.82) is 0 Å². The van der Waals surface area contributed by atoms with Crippen LogP contribution in [0, 0.1) is 13.8 Å². The van der Waals surface area contributed by atoms with Gasteiger partial charge in [-0.05, 0) is 49.6 Å². The summed E-state index contributed by atoms with van der Waals surface area (Å²) in [5, 5.41) is 2.16. The Morgan fingerprint density at radius 1 is 1.10 bits per heavy atom. The summed E-state index contributed by atoms with van der Waals surface area (Å²) in [4.78, 5) is 0. The van der Waals surface area contributed by atoms with E-state index in [0.717, 1.165) is 5.56 Å². The first-order valence-electron chi connectivity index (χ1n) is 6.47. The molecule has 1 aromatic rings. The summed E-state index contributed by atoms with van der Waals surface area (Å²) in [6.07, 6.45) is -5.23. The zero-order valence-corrected chi connectivity index (χ0v) is 12.7. The molecule has 7 heteroatoms. The van der Waals surface area contributed by atoms with Crippen molar-refractivity contribution in [2.45, 2.75) is 45.3 Å². The third kappa shape index (κ3) is 3.86. The van der Waals surface area contributed by atoms with Gasteiger partial charge in [0.05, 0.1) is 0 Å². The minimum Gasteiger partial charge on any atom is -0.305 e. The van der Waals surface area contributed by atoms with Crippen molar-refractivity contribution < 1.29 is 22.0 Å². The average molecular weight is 330 g/mol. The smallest absolute Gasteiger partial charge is 0.305 e. The van der Waals surface area contributed by atoms with Gasteiger partial charge >= 0.3 is 12.1 Å². The minimum atomic E-state index is -5.65. The Morgan fingerprint density at radius 2 is 1.62 bits per heavy atom. The molecular weight excluding hydrogens is 313 g/mol. The Bertz CT molecular complexity index is 499. The van der Waals surface area contributed by atoms with E-state index in [0.29, 0.717) is 12.0 Å². The zero-order valence-electron chi connectivity index (χ0n) is 11.9. The number of halogens is 6. The molecule has 1 rings (SSSR count). The molecule has 1 aromatic carbocycles. The molecule has 0 radical (unpaired) electrons. The standard InChI is InChI=1S/C14H17ClF5N/c1-4-5-21-12(13(16,17)14(18,19)20)10-6-8(2)9(3)7-11(10)15/h6-7,12,21H,4-5H2,1-3H3. The molecule has 0 fully saturated rings. The van der Waals surface area contributed by atoms with Crippen LogP contribution in [0.3, 0.4) is 0 Å². The molecule has 0 amide bonds. The molecule has 21 heavy (non-hydrogen) atoms. The van der Waals surface area contributed by atoms with E-state index in [9.17, 15) is 22.0 Å². The van der Waals surface area contributed by atoms with Crippen molar-refractivity contribution in [3.8, 4) is 0 Å². The van der Waals surface area contributed by atoms with Crippen LogP contribution in [0.4, 0.5) is 22.0 Å². The molecular formula is C14H17ClF5N. The van der Waals surface area contributed by atoms with Crippen molar-refractivity contribution >= 4 is 11.6 Å². The largest absolute Gasteiger partial charge is 0.455 e. The van der Waals surface area contributed by atoms with Crippen LogP contribution in [-0.4, -0.2) is 18.6 Å². The van der Waals surface area contributed by atoms with Gasteiger partial charge in [-0.25, -0.2) is 0 Å². The lowest BCUT2D eigenvalue weighted by molar-refractivity contribution is -0.294. The lowest BCUT2D eigenvalue weighted by atomic mass is 9.96. The van der Waals surface area contributed by atoms with Gasteiger partial charge in [0.1, 0.15) is 6.04 Å². The molecule has 0 aliphatic carbocycles. The van der Waals surface area contributed by atoms with Crippen molar-refractivity contribution in [1.82, 2.24) is 5.32 Å². The van der Waals surface area contributed by atoms with Gasteiger partial charge in [-0.2, -0.15) is 22.0 Å². The Hall–Kier alpha value is -0.880.